The molecule has 1 unspecified atom stereocenters. The number of ether oxygens (including phenoxy) is 3. The first-order valence-corrected chi connectivity index (χ1v) is 10.8. The maximum absolute atomic E-state index is 12.7. The molecule has 0 saturated carbocycles. The van der Waals surface area contributed by atoms with Gasteiger partial charge in [-0.3, -0.25) is 9.69 Å². The molecule has 2 fully saturated rings. The van der Waals surface area contributed by atoms with Crippen molar-refractivity contribution in [3.8, 4) is 0 Å². The number of hydrogen-bond acceptors (Lipinski definition) is 7. The van der Waals surface area contributed by atoms with E-state index in [9.17, 15) is 9.59 Å². The molecule has 8 heteroatoms. The number of rotatable bonds is 7. The Kier molecular flexibility index (Phi) is 6.87. The van der Waals surface area contributed by atoms with Gasteiger partial charge in [0, 0.05) is 24.6 Å². The van der Waals surface area contributed by atoms with Crippen LogP contribution in [0.3, 0.4) is 0 Å². The van der Waals surface area contributed by atoms with Crippen LogP contribution in [-0.4, -0.2) is 59.6 Å². The molecule has 8 nitrogen and oxygen atoms in total. The normalized spacial score (nSPS) is 22.5. The summed E-state index contributed by atoms with van der Waals surface area (Å²) in [4.78, 5) is 26.4. The van der Waals surface area contributed by atoms with E-state index in [0.29, 0.717) is 25.3 Å². The van der Waals surface area contributed by atoms with Crippen LogP contribution in [0.1, 0.15) is 71.8 Å². The molecule has 168 valence electrons. The number of carbonyl (C=O) groups is 2. The summed E-state index contributed by atoms with van der Waals surface area (Å²) in [5.41, 5.74) is -0.222. The molecule has 0 N–H and O–H groups in total. The third kappa shape index (κ3) is 5.82. The molecule has 2 aliphatic rings. The number of nitrogens with zero attached hydrogens (tertiary/aromatic N) is 2. The van der Waals surface area contributed by atoms with E-state index in [1.165, 1.54) is 4.90 Å². The van der Waals surface area contributed by atoms with E-state index in [4.69, 9.17) is 18.7 Å². The predicted molar refractivity (Wildman–Crippen MR) is 109 cm³/mol. The van der Waals surface area contributed by atoms with Crippen LogP contribution in [0.2, 0.25) is 0 Å². The number of Topliss-reactive ketones (excluding diaryl/α,β-unsaturated/α-hetero) is 1. The minimum Gasteiger partial charge on any atom is -0.444 e. The largest absolute Gasteiger partial charge is 0.444 e. The SMILES string of the molecule is CC(C)(C)OC(=O)N1CC[C@H]1C(=O)Cc1cc(C(C)(C)COC2CCCCO2)no1. The summed E-state index contributed by atoms with van der Waals surface area (Å²) in [6.45, 7) is 11.2. The van der Waals surface area contributed by atoms with Gasteiger partial charge in [-0.05, 0) is 46.5 Å². The van der Waals surface area contributed by atoms with E-state index in [1.54, 1.807) is 6.07 Å². The summed E-state index contributed by atoms with van der Waals surface area (Å²) >= 11 is 0. The highest BCUT2D eigenvalue weighted by Crippen LogP contribution is 2.27. The molecule has 1 aromatic rings. The third-order valence-electron chi connectivity index (χ3n) is 5.39. The first-order chi connectivity index (χ1) is 14.0. The molecule has 3 heterocycles. The molecule has 0 aromatic carbocycles. The van der Waals surface area contributed by atoms with Crippen LogP contribution in [0.25, 0.3) is 0 Å². The molecule has 30 heavy (non-hydrogen) atoms. The molecule has 2 saturated heterocycles. The van der Waals surface area contributed by atoms with Crippen molar-refractivity contribution >= 4 is 11.9 Å². The van der Waals surface area contributed by atoms with Gasteiger partial charge in [0.25, 0.3) is 0 Å². The quantitative estimate of drug-likeness (QED) is 0.663. The summed E-state index contributed by atoms with van der Waals surface area (Å²) in [6, 6.07) is 1.34. The Morgan fingerprint density at radius 3 is 2.57 bits per heavy atom. The summed E-state index contributed by atoms with van der Waals surface area (Å²) in [5.74, 6) is 0.424. The number of amides is 1. The second kappa shape index (κ2) is 9.06. The zero-order valence-electron chi connectivity index (χ0n) is 18.7. The molecule has 0 spiro atoms. The maximum atomic E-state index is 12.7. The lowest BCUT2D eigenvalue weighted by molar-refractivity contribution is -0.170. The van der Waals surface area contributed by atoms with Gasteiger partial charge >= 0.3 is 6.09 Å². The van der Waals surface area contributed by atoms with Crippen LogP contribution < -0.4 is 0 Å². The maximum Gasteiger partial charge on any atom is 0.410 e. The minimum atomic E-state index is -0.587. The predicted octanol–water partition coefficient (Wildman–Crippen LogP) is 3.62. The van der Waals surface area contributed by atoms with Gasteiger partial charge in [0.05, 0.1) is 24.8 Å². The number of ketones is 1. The fourth-order valence-corrected chi connectivity index (χ4v) is 3.48. The molecular formula is C22H34N2O6. The molecule has 0 aliphatic carbocycles. The fourth-order valence-electron chi connectivity index (χ4n) is 3.48. The molecule has 1 amide bonds. The van der Waals surface area contributed by atoms with Crippen molar-refractivity contribution in [1.82, 2.24) is 10.1 Å². The van der Waals surface area contributed by atoms with Crippen LogP contribution in [0.15, 0.2) is 10.6 Å². The Hall–Kier alpha value is -1.93. The molecule has 0 bridgehead atoms. The van der Waals surface area contributed by atoms with Gasteiger partial charge in [-0.25, -0.2) is 4.79 Å². The van der Waals surface area contributed by atoms with Crippen molar-refractivity contribution in [2.75, 3.05) is 19.8 Å². The first-order valence-electron chi connectivity index (χ1n) is 10.8. The molecule has 2 aliphatic heterocycles. The summed E-state index contributed by atoms with van der Waals surface area (Å²) in [7, 11) is 0. The van der Waals surface area contributed by atoms with Crippen LogP contribution in [0.4, 0.5) is 4.79 Å². The zero-order valence-corrected chi connectivity index (χ0v) is 18.7. The van der Waals surface area contributed by atoms with E-state index in [1.807, 2.05) is 34.6 Å². The van der Waals surface area contributed by atoms with Crippen molar-refractivity contribution in [3.63, 3.8) is 0 Å². The highest BCUT2D eigenvalue weighted by atomic mass is 16.7. The minimum absolute atomic E-state index is 0.0699. The number of aromatic nitrogens is 1. The Morgan fingerprint density at radius 1 is 1.20 bits per heavy atom. The number of hydrogen-bond donors (Lipinski definition) is 0. The first kappa shape index (κ1) is 22.7. The fraction of sp³-hybridized carbons (Fsp3) is 0.773. The van der Waals surface area contributed by atoms with Crippen molar-refractivity contribution in [3.05, 3.63) is 17.5 Å². The average molecular weight is 423 g/mol. The lowest BCUT2D eigenvalue weighted by Crippen LogP contribution is -2.56. The summed E-state index contributed by atoms with van der Waals surface area (Å²) < 4.78 is 22.3. The van der Waals surface area contributed by atoms with Gasteiger partial charge in [0.2, 0.25) is 0 Å². The van der Waals surface area contributed by atoms with Gasteiger partial charge in [0.1, 0.15) is 11.4 Å². The zero-order chi connectivity index (χ0) is 21.9. The van der Waals surface area contributed by atoms with Crippen LogP contribution in [0, 0.1) is 0 Å². The van der Waals surface area contributed by atoms with Gasteiger partial charge in [0.15, 0.2) is 12.1 Å². The lowest BCUT2D eigenvalue weighted by Gasteiger charge is -2.40. The molecule has 0 radical (unpaired) electrons. The number of carbonyl (C=O) groups excluding carboxylic acids is 2. The average Bonchev–Trinajstić information content (AvgIpc) is 3.07. The van der Waals surface area contributed by atoms with Crippen molar-refractivity contribution in [1.29, 1.82) is 0 Å². The van der Waals surface area contributed by atoms with Gasteiger partial charge in [-0.1, -0.05) is 19.0 Å². The molecular weight excluding hydrogens is 388 g/mol. The molecule has 2 atom stereocenters. The smallest absolute Gasteiger partial charge is 0.410 e. The van der Waals surface area contributed by atoms with Crippen LogP contribution in [-0.2, 0) is 30.8 Å². The van der Waals surface area contributed by atoms with E-state index < -0.39 is 17.7 Å². The Morgan fingerprint density at radius 2 is 1.97 bits per heavy atom. The van der Waals surface area contributed by atoms with E-state index >= 15 is 0 Å². The monoisotopic (exact) mass is 422 g/mol. The molecule has 3 rings (SSSR count). The van der Waals surface area contributed by atoms with Gasteiger partial charge in [-0.2, -0.15) is 0 Å². The lowest BCUT2D eigenvalue weighted by atomic mass is 9.89. The number of likely N-dealkylation sites (tertiary alicyclic amines) is 1. The Labute approximate surface area is 178 Å². The van der Waals surface area contributed by atoms with E-state index in [-0.39, 0.29) is 23.9 Å². The Balaban J connectivity index is 1.53. The van der Waals surface area contributed by atoms with Crippen molar-refractivity contribution in [2.45, 2.75) is 90.1 Å². The standard InChI is InChI=1S/C22H34N2O6/c1-21(2,3)29-20(26)24-10-9-16(24)17(25)12-15-13-18(23-30-15)22(4,5)14-28-19-8-6-7-11-27-19/h13,16,19H,6-12,14H2,1-5H3/t16-,19?/m0/s1. The van der Waals surface area contributed by atoms with Crippen LogP contribution in [0.5, 0.6) is 0 Å². The second-order valence-corrected chi connectivity index (χ2v) is 9.79. The van der Waals surface area contributed by atoms with E-state index in [0.717, 1.165) is 31.6 Å². The summed E-state index contributed by atoms with van der Waals surface area (Å²) in [6.07, 6.45) is 3.22. The summed E-state index contributed by atoms with van der Waals surface area (Å²) in [5, 5.41) is 4.16. The van der Waals surface area contributed by atoms with Crippen molar-refractivity contribution < 1.29 is 28.3 Å². The third-order valence-corrected chi connectivity index (χ3v) is 5.39. The highest BCUT2D eigenvalue weighted by molar-refractivity contribution is 5.90. The highest BCUT2D eigenvalue weighted by Gasteiger charge is 2.40. The van der Waals surface area contributed by atoms with E-state index in [2.05, 4.69) is 5.16 Å². The van der Waals surface area contributed by atoms with Crippen LogP contribution >= 0.6 is 0 Å². The topological polar surface area (TPSA) is 91.1 Å². The molecule has 1 aromatic heterocycles. The van der Waals surface area contributed by atoms with Gasteiger partial charge in [-0.15, -0.1) is 0 Å². The Bertz CT molecular complexity index is 745. The van der Waals surface area contributed by atoms with Gasteiger partial charge < -0.3 is 18.7 Å². The van der Waals surface area contributed by atoms with Crippen molar-refractivity contribution in [2.24, 2.45) is 0 Å². The second-order valence-electron chi connectivity index (χ2n) is 9.79.